The van der Waals surface area contributed by atoms with Crippen molar-refractivity contribution in [1.29, 1.82) is 0 Å². The third kappa shape index (κ3) is 4.20. The van der Waals surface area contributed by atoms with Gasteiger partial charge in [-0.05, 0) is 46.3 Å². The first-order valence-corrected chi connectivity index (χ1v) is 9.50. The molecule has 0 aliphatic carbocycles. The van der Waals surface area contributed by atoms with E-state index in [0.29, 0.717) is 21.7 Å². The van der Waals surface area contributed by atoms with E-state index >= 15 is 0 Å². The topological polar surface area (TPSA) is 67.8 Å². The van der Waals surface area contributed by atoms with E-state index in [-0.39, 0.29) is 5.56 Å². The van der Waals surface area contributed by atoms with E-state index in [9.17, 15) is 9.18 Å². The predicted molar refractivity (Wildman–Crippen MR) is 113 cm³/mol. The first kappa shape index (κ1) is 18.9. The molecule has 0 aliphatic rings. The summed E-state index contributed by atoms with van der Waals surface area (Å²) in [4.78, 5) is 25.9. The van der Waals surface area contributed by atoms with Crippen LogP contribution in [0.15, 0.2) is 83.7 Å². The molecule has 5 nitrogen and oxygen atoms in total. The molecular weight excluding hydrogens is 435 g/mol. The Labute approximate surface area is 174 Å². The minimum Gasteiger partial charge on any atom is -0.322 e. The summed E-state index contributed by atoms with van der Waals surface area (Å²) >= 11 is 3.10. The van der Waals surface area contributed by atoms with E-state index in [1.807, 2.05) is 30.3 Å². The van der Waals surface area contributed by atoms with Crippen LogP contribution in [-0.2, 0) is 0 Å². The fourth-order valence-corrected chi connectivity index (χ4v) is 3.02. The average molecular weight is 449 g/mol. The van der Waals surface area contributed by atoms with Crippen molar-refractivity contribution in [2.75, 3.05) is 5.32 Å². The average Bonchev–Trinajstić information content (AvgIpc) is 2.77. The highest BCUT2D eigenvalue weighted by molar-refractivity contribution is 9.10. The molecule has 142 valence electrons. The molecule has 0 spiro atoms. The largest absolute Gasteiger partial charge is 0.322 e. The van der Waals surface area contributed by atoms with E-state index in [1.54, 1.807) is 30.6 Å². The maximum atomic E-state index is 13.8. The predicted octanol–water partition coefficient (Wildman–Crippen LogP) is 5.36. The number of hydrogen-bond donors (Lipinski definition) is 1. The number of nitrogens with one attached hydrogen (secondary N) is 1. The number of halogens is 2. The SMILES string of the molecule is O=C(Nc1ccc(Br)c(F)c1)c1cnc(-c2ccccc2)nc1-c1ccncc1. The van der Waals surface area contributed by atoms with Crippen molar-refractivity contribution < 1.29 is 9.18 Å². The molecule has 0 fully saturated rings. The minimum absolute atomic E-state index is 0.277. The van der Waals surface area contributed by atoms with Crippen molar-refractivity contribution in [3.8, 4) is 22.6 Å². The molecule has 2 aromatic carbocycles. The Hall–Kier alpha value is -3.45. The summed E-state index contributed by atoms with van der Waals surface area (Å²) in [5.41, 5.74) is 2.65. The van der Waals surface area contributed by atoms with Gasteiger partial charge in [-0.15, -0.1) is 0 Å². The molecule has 4 rings (SSSR count). The van der Waals surface area contributed by atoms with Gasteiger partial charge in [0.2, 0.25) is 0 Å². The van der Waals surface area contributed by atoms with Gasteiger partial charge in [-0.25, -0.2) is 14.4 Å². The number of carbonyl (C=O) groups is 1. The highest BCUT2D eigenvalue weighted by Crippen LogP contribution is 2.26. The number of benzene rings is 2. The highest BCUT2D eigenvalue weighted by Gasteiger charge is 2.17. The molecule has 0 bridgehead atoms. The van der Waals surface area contributed by atoms with Gasteiger partial charge in [-0.1, -0.05) is 30.3 Å². The molecule has 2 heterocycles. The molecule has 0 atom stereocenters. The number of aromatic nitrogens is 3. The first-order valence-electron chi connectivity index (χ1n) is 8.71. The number of anilines is 1. The van der Waals surface area contributed by atoms with Crippen molar-refractivity contribution in [1.82, 2.24) is 15.0 Å². The number of hydrogen-bond acceptors (Lipinski definition) is 4. The Morgan fingerprint density at radius 3 is 2.45 bits per heavy atom. The number of rotatable bonds is 4. The van der Waals surface area contributed by atoms with Gasteiger partial charge in [-0.2, -0.15) is 0 Å². The third-order valence-electron chi connectivity index (χ3n) is 4.20. The molecule has 29 heavy (non-hydrogen) atoms. The second-order valence-corrected chi connectivity index (χ2v) is 7.00. The molecule has 0 radical (unpaired) electrons. The molecule has 0 saturated carbocycles. The Balaban J connectivity index is 1.75. The van der Waals surface area contributed by atoms with Gasteiger partial charge in [-0.3, -0.25) is 9.78 Å². The van der Waals surface area contributed by atoms with Crippen LogP contribution in [0.25, 0.3) is 22.6 Å². The van der Waals surface area contributed by atoms with Crippen LogP contribution in [0, 0.1) is 5.82 Å². The van der Waals surface area contributed by atoms with Crippen LogP contribution in [0.5, 0.6) is 0 Å². The van der Waals surface area contributed by atoms with E-state index < -0.39 is 11.7 Å². The van der Waals surface area contributed by atoms with Crippen molar-refractivity contribution in [3.63, 3.8) is 0 Å². The Morgan fingerprint density at radius 2 is 1.72 bits per heavy atom. The lowest BCUT2D eigenvalue weighted by Gasteiger charge is -2.11. The van der Waals surface area contributed by atoms with E-state index in [1.165, 1.54) is 18.3 Å². The molecule has 1 amide bonds. The fourth-order valence-electron chi connectivity index (χ4n) is 2.78. The molecule has 1 N–H and O–H groups in total. The van der Waals surface area contributed by atoms with Crippen LogP contribution in [0.3, 0.4) is 0 Å². The summed E-state index contributed by atoms with van der Waals surface area (Å²) < 4.78 is 14.1. The van der Waals surface area contributed by atoms with Crippen LogP contribution < -0.4 is 5.32 Å². The summed E-state index contributed by atoms with van der Waals surface area (Å²) in [7, 11) is 0. The van der Waals surface area contributed by atoms with Crippen LogP contribution in [0.1, 0.15) is 10.4 Å². The Bertz CT molecular complexity index is 1170. The zero-order valence-electron chi connectivity index (χ0n) is 15.0. The van der Waals surface area contributed by atoms with Gasteiger partial charge in [0.05, 0.1) is 15.7 Å². The number of amides is 1. The maximum absolute atomic E-state index is 13.8. The zero-order chi connectivity index (χ0) is 20.2. The third-order valence-corrected chi connectivity index (χ3v) is 4.84. The summed E-state index contributed by atoms with van der Waals surface area (Å²) in [5.74, 6) is -0.394. The van der Waals surface area contributed by atoms with Crippen molar-refractivity contribution in [2.45, 2.75) is 0 Å². The first-order chi connectivity index (χ1) is 14.1. The van der Waals surface area contributed by atoms with Crippen molar-refractivity contribution in [3.05, 3.63) is 95.1 Å². The summed E-state index contributed by atoms with van der Waals surface area (Å²) in [6, 6.07) is 17.4. The Morgan fingerprint density at radius 1 is 0.966 bits per heavy atom. The van der Waals surface area contributed by atoms with Gasteiger partial charge in [0, 0.05) is 35.4 Å². The lowest BCUT2D eigenvalue weighted by Crippen LogP contribution is -2.15. The summed E-state index contributed by atoms with van der Waals surface area (Å²) in [6.45, 7) is 0. The van der Waals surface area contributed by atoms with E-state index in [4.69, 9.17) is 0 Å². The van der Waals surface area contributed by atoms with E-state index in [2.05, 4.69) is 36.2 Å². The van der Waals surface area contributed by atoms with Crippen LogP contribution >= 0.6 is 15.9 Å². The van der Waals surface area contributed by atoms with Gasteiger partial charge < -0.3 is 5.32 Å². The second-order valence-electron chi connectivity index (χ2n) is 6.14. The van der Waals surface area contributed by atoms with Crippen LogP contribution in [0.4, 0.5) is 10.1 Å². The second kappa shape index (κ2) is 8.28. The highest BCUT2D eigenvalue weighted by atomic mass is 79.9. The number of carbonyl (C=O) groups excluding carboxylic acids is 1. The molecule has 2 aromatic heterocycles. The van der Waals surface area contributed by atoms with Gasteiger partial charge in [0.25, 0.3) is 5.91 Å². The van der Waals surface area contributed by atoms with Gasteiger partial charge in [0.15, 0.2) is 5.82 Å². The number of nitrogens with zero attached hydrogens (tertiary/aromatic N) is 3. The molecule has 0 saturated heterocycles. The summed E-state index contributed by atoms with van der Waals surface area (Å²) in [5, 5.41) is 2.70. The standard InChI is InChI=1S/C22H14BrFN4O/c23-18-7-6-16(12-19(18)24)27-22(29)17-13-26-21(15-4-2-1-3-5-15)28-20(17)14-8-10-25-11-9-14/h1-13H,(H,27,29). The van der Waals surface area contributed by atoms with Gasteiger partial charge in [0.1, 0.15) is 5.82 Å². The molecule has 0 aliphatic heterocycles. The lowest BCUT2D eigenvalue weighted by molar-refractivity contribution is 0.102. The monoisotopic (exact) mass is 448 g/mol. The zero-order valence-corrected chi connectivity index (χ0v) is 16.6. The van der Waals surface area contributed by atoms with Gasteiger partial charge >= 0.3 is 0 Å². The minimum atomic E-state index is -0.465. The van der Waals surface area contributed by atoms with Crippen LogP contribution in [-0.4, -0.2) is 20.9 Å². The fraction of sp³-hybridized carbons (Fsp3) is 0. The molecule has 4 aromatic rings. The van der Waals surface area contributed by atoms with Crippen molar-refractivity contribution in [2.24, 2.45) is 0 Å². The lowest BCUT2D eigenvalue weighted by atomic mass is 10.1. The molecule has 0 unspecified atom stereocenters. The summed E-state index contributed by atoms with van der Waals surface area (Å²) in [6.07, 6.45) is 4.74. The normalized spacial score (nSPS) is 10.6. The molecule has 7 heteroatoms. The van der Waals surface area contributed by atoms with E-state index in [0.717, 1.165) is 11.1 Å². The smallest absolute Gasteiger partial charge is 0.259 e. The molecular formula is C22H14BrFN4O. The quantitative estimate of drug-likeness (QED) is 0.456. The maximum Gasteiger partial charge on any atom is 0.259 e. The van der Waals surface area contributed by atoms with Crippen LogP contribution in [0.2, 0.25) is 0 Å². The van der Waals surface area contributed by atoms with Crippen molar-refractivity contribution >= 4 is 27.5 Å². The number of pyridine rings is 1. The Kier molecular flexibility index (Phi) is 5.39.